The van der Waals surface area contributed by atoms with E-state index in [0.717, 1.165) is 35.3 Å². The zero-order valence-corrected chi connectivity index (χ0v) is 14.7. The Morgan fingerprint density at radius 3 is 2.78 bits per heavy atom. The molecule has 1 atom stereocenters. The van der Waals surface area contributed by atoms with Crippen LogP contribution >= 0.6 is 11.8 Å². The summed E-state index contributed by atoms with van der Waals surface area (Å²) in [7, 11) is 4.33. The van der Waals surface area contributed by atoms with Crippen LogP contribution in [0.15, 0.2) is 30.5 Å². The van der Waals surface area contributed by atoms with E-state index in [1.807, 2.05) is 43.0 Å². The Morgan fingerprint density at radius 2 is 2.13 bits per heavy atom. The van der Waals surface area contributed by atoms with Crippen LogP contribution in [0, 0.1) is 6.92 Å². The van der Waals surface area contributed by atoms with Gasteiger partial charge in [0.1, 0.15) is 11.6 Å². The first kappa shape index (κ1) is 16.2. The van der Waals surface area contributed by atoms with Crippen LogP contribution in [0.25, 0.3) is 11.4 Å². The van der Waals surface area contributed by atoms with Gasteiger partial charge in [0, 0.05) is 30.1 Å². The van der Waals surface area contributed by atoms with E-state index in [9.17, 15) is 0 Å². The molecule has 0 aliphatic carbocycles. The summed E-state index contributed by atoms with van der Waals surface area (Å²) >= 11 is 2.02. The third-order valence-corrected chi connectivity index (χ3v) is 5.63. The summed E-state index contributed by atoms with van der Waals surface area (Å²) in [6, 6.07) is 7.85. The molecule has 6 heteroatoms. The van der Waals surface area contributed by atoms with Crippen molar-refractivity contribution in [2.24, 2.45) is 0 Å². The Hall–Kier alpha value is -1.66. The predicted octanol–water partition coefficient (Wildman–Crippen LogP) is 2.70. The molecule has 0 bridgehead atoms. The molecule has 0 aromatic carbocycles. The van der Waals surface area contributed by atoms with E-state index < -0.39 is 0 Å². The molecule has 23 heavy (non-hydrogen) atoms. The van der Waals surface area contributed by atoms with Gasteiger partial charge in [0.25, 0.3) is 0 Å². The molecule has 2 aromatic heterocycles. The summed E-state index contributed by atoms with van der Waals surface area (Å²) in [5, 5.41) is 3.53. The minimum Gasteiger partial charge on any atom is -0.368 e. The van der Waals surface area contributed by atoms with Gasteiger partial charge in [-0.15, -0.1) is 0 Å². The van der Waals surface area contributed by atoms with E-state index in [0.29, 0.717) is 0 Å². The number of nitrogens with one attached hydrogen (secondary N) is 1. The van der Waals surface area contributed by atoms with Crippen molar-refractivity contribution in [1.82, 2.24) is 19.9 Å². The van der Waals surface area contributed by atoms with E-state index in [4.69, 9.17) is 0 Å². The Bertz CT molecular complexity index is 653. The zero-order chi connectivity index (χ0) is 16.3. The van der Waals surface area contributed by atoms with Crippen LogP contribution in [0.4, 0.5) is 5.82 Å². The van der Waals surface area contributed by atoms with Crippen molar-refractivity contribution >= 4 is 17.6 Å². The van der Waals surface area contributed by atoms with Gasteiger partial charge in [-0.25, -0.2) is 9.97 Å². The molecule has 0 saturated carbocycles. The van der Waals surface area contributed by atoms with Crippen LogP contribution in [0.2, 0.25) is 0 Å². The van der Waals surface area contributed by atoms with Crippen molar-refractivity contribution in [3.63, 3.8) is 0 Å². The molecule has 1 saturated heterocycles. The van der Waals surface area contributed by atoms with Gasteiger partial charge in [0.15, 0.2) is 0 Å². The monoisotopic (exact) mass is 329 g/mol. The standard InChI is InChI=1S/C17H23N5S/c1-13-20-15(14-6-4-5-8-18-14)10-16(21-13)19-11-17(22(2)3)7-9-23-12-17/h4-6,8,10H,7,9,11-12H2,1-3H3,(H,19,20,21). The molecule has 1 fully saturated rings. The fourth-order valence-electron chi connectivity index (χ4n) is 2.81. The van der Waals surface area contributed by atoms with Gasteiger partial charge in [-0.3, -0.25) is 4.98 Å². The quantitative estimate of drug-likeness (QED) is 0.910. The maximum absolute atomic E-state index is 4.54. The molecule has 1 N–H and O–H groups in total. The molecule has 1 aliphatic heterocycles. The van der Waals surface area contributed by atoms with Crippen molar-refractivity contribution in [2.75, 3.05) is 37.5 Å². The van der Waals surface area contributed by atoms with E-state index in [2.05, 4.69) is 39.3 Å². The topological polar surface area (TPSA) is 53.9 Å². The molecule has 0 spiro atoms. The van der Waals surface area contributed by atoms with Crippen molar-refractivity contribution in [2.45, 2.75) is 18.9 Å². The third-order valence-electron chi connectivity index (χ3n) is 4.40. The van der Waals surface area contributed by atoms with Crippen LogP contribution in [0.1, 0.15) is 12.2 Å². The summed E-state index contributed by atoms with van der Waals surface area (Å²) in [4.78, 5) is 15.8. The number of thioether (sulfide) groups is 1. The van der Waals surface area contributed by atoms with Crippen molar-refractivity contribution in [1.29, 1.82) is 0 Å². The van der Waals surface area contributed by atoms with E-state index in [1.54, 1.807) is 6.20 Å². The molecule has 1 unspecified atom stereocenters. The summed E-state index contributed by atoms with van der Waals surface area (Å²) in [5.41, 5.74) is 1.94. The molecule has 5 nitrogen and oxygen atoms in total. The second kappa shape index (κ2) is 6.84. The first-order chi connectivity index (χ1) is 11.1. The smallest absolute Gasteiger partial charge is 0.130 e. The Labute approximate surface area is 141 Å². The van der Waals surface area contributed by atoms with Crippen molar-refractivity contribution in [3.8, 4) is 11.4 Å². The lowest BCUT2D eigenvalue weighted by molar-refractivity contribution is 0.195. The molecule has 3 heterocycles. The van der Waals surface area contributed by atoms with Gasteiger partial charge in [-0.05, 0) is 45.3 Å². The highest BCUT2D eigenvalue weighted by Gasteiger charge is 2.36. The van der Waals surface area contributed by atoms with E-state index >= 15 is 0 Å². The van der Waals surface area contributed by atoms with E-state index in [-0.39, 0.29) is 5.54 Å². The second-order valence-electron chi connectivity index (χ2n) is 6.18. The number of aryl methyl sites for hydroxylation is 1. The molecule has 1 aliphatic rings. The zero-order valence-electron chi connectivity index (χ0n) is 13.9. The lowest BCUT2D eigenvalue weighted by Crippen LogP contribution is -2.49. The van der Waals surface area contributed by atoms with Crippen LogP contribution in [0.3, 0.4) is 0 Å². The second-order valence-corrected chi connectivity index (χ2v) is 7.28. The molecule has 3 rings (SSSR count). The predicted molar refractivity (Wildman–Crippen MR) is 96.8 cm³/mol. The van der Waals surface area contributed by atoms with Crippen molar-refractivity contribution < 1.29 is 0 Å². The summed E-state index contributed by atoms with van der Waals surface area (Å²) in [6.07, 6.45) is 2.99. The molecule has 0 radical (unpaired) electrons. The average molecular weight is 329 g/mol. The fraction of sp³-hybridized carbons (Fsp3) is 0.471. The van der Waals surface area contributed by atoms with Gasteiger partial charge in [-0.1, -0.05) is 6.07 Å². The third kappa shape index (κ3) is 3.64. The highest BCUT2D eigenvalue weighted by atomic mass is 32.2. The molecular weight excluding hydrogens is 306 g/mol. The summed E-state index contributed by atoms with van der Waals surface area (Å²) < 4.78 is 0. The van der Waals surface area contributed by atoms with Crippen molar-refractivity contribution in [3.05, 3.63) is 36.3 Å². The largest absolute Gasteiger partial charge is 0.368 e. The number of aromatic nitrogens is 3. The van der Waals surface area contributed by atoms with Gasteiger partial charge in [-0.2, -0.15) is 11.8 Å². The van der Waals surface area contributed by atoms with Crippen LogP contribution in [-0.4, -0.2) is 57.5 Å². The van der Waals surface area contributed by atoms with Gasteiger partial charge in [0.2, 0.25) is 0 Å². The lowest BCUT2D eigenvalue weighted by Gasteiger charge is -2.36. The maximum atomic E-state index is 4.54. The minimum atomic E-state index is 0.203. The fourth-order valence-corrected chi connectivity index (χ4v) is 4.36. The first-order valence-corrected chi connectivity index (χ1v) is 9.01. The van der Waals surface area contributed by atoms with Gasteiger partial charge in [0.05, 0.1) is 11.4 Å². The molecule has 0 amide bonds. The number of anilines is 1. The number of pyridine rings is 1. The number of nitrogens with zero attached hydrogens (tertiary/aromatic N) is 4. The normalized spacial score (nSPS) is 20.9. The van der Waals surface area contributed by atoms with Crippen LogP contribution < -0.4 is 5.32 Å². The minimum absolute atomic E-state index is 0.203. The Morgan fingerprint density at radius 1 is 1.26 bits per heavy atom. The number of hydrogen-bond acceptors (Lipinski definition) is 6. The lowest BCUT2D eigenvalue weighted by atomic mass is 9.97. The molecule has 2 aromatic rings. The summed E-state index contributed by atoms with van der Waals surface area (Å²) in [5.74, 6) is 4.01. The first-order valence-electron chi connectivity index (χ1n) is 7.85. The van der Waals surface area contributed by atoms with E-state index in [1.165, 1.54) is 12.2 Å². The number of likely N-dealkylation sites (N-methyl/N-ethyl adjacent to an activating group) is 1. The number of hydrogen-bond donors (Lipinski definition) is 1. The summed E-state index contributed by atoms with van der Waals surface area (Å²) in [6.45, 7) is 2.82. The highest BCUT2D eigenvalue weighted by molar-refractivity contribution is 7.99. The Balaban J connectivity index is 1.79. The SMILES string of the molecule is Cc1nc(NCC2(N(C)C)CCSC2)cc(-c2ccccn2)n1. The molecular formula is C17H23N5S. The van der Waals surface area contributed by atoms with Crippen LogP contribution in [-0.2, 0) is 0 Å². The van der Waals surface area contributed by atoms with Gasteiger partial charge >= 0.3 is 0 Å². The Kier molecular flexibility index (Phi) is 4.82. The van der Waals surface area contributed by atoms with Crippen LogP contribution in [0.5, 0.6) is 0 Å². The number of rotatable bonds is 5. The molecule has 122 valence electrons. The van der Waals surface area contributed by atoms with Gasteiger partial charge < -0.3 is 10.2 Å². The maximum Gasteiger partial charge on any atom is 0.130 e. The average Bonchev–Trinajstić information content (AvgIpc) is 3.04. The highest BCUT2D eigenvalue weighted by Crippen LogP contribution is 2.32.